The number of aliphatic carboxylic acids is 1. The lowest BCUT2D eigenvalue weighted by Gasteiger charge is -2.18. The number of terminal acetylenes is 1. The maximum absolute atomic E-state index is 11.8. The van der Waals surface area contributed by atoms with E-state index in [0.29, 0.717) is 6.54 Å². The van der Waals surface area contributed by atoms with E-state index in [1.165, 1.54) is 0 Å². The Bertz CT molecular complexity index is 511. The molecule has 0 saturated carbocycles. The van der Waals surface area contributed by atoms with E-state index in [2.05, 4.69) is 27.2 Å². The van der Waals surface area contributed by atoms with Gasteiger partial charge >= 0.3 is 12.0 Å². The van der Waals surface area contributed by atoms with Crippen molar-refractivity contribution < 1.29 is 14.7 Å². The lowest BCUT2D eigenvalue weighted by atomic mass is 10.2. The molecule has 2 amide bonds. The van der Waals surface area contributed by atoms with Crippen LogP contribution in [0.3, 0.4) is 0 Å². The molecule has 0 saturated heterocycles. The van der Waals surface area contributed by atoms with Crippen molar-refractivity contribution in [3.8, 4) is 12.3 Å². The average Bonchev–Trinajstić information content (AvgIpc) is 2.35. The summed E-state index contributed by atoms with van der Waals surface area (Å²) < 4.78 is 0.908. The molecule has 0 unspecified atom stereocenters. The highest BCUT2D eigenvalue weighted by molar-refractivity contribution is 9.10. The SMILES string of the molecule is C#CCN(CC(=O)O)C(=O)NCc1cccc(Br)c1. The number of carbonyl (C=O) groups excluding carboxylic acids is 1. The molecule has 0 aromatic heterocycles. The number of halogens is 1. The number of carboxylic acid groups (broad SMARTS) is 1. The molecule has 1 rings (SSSR count). The number of nitrogens with zero attached hydrogens (tertiary/aromatic N) is 1. The third-order valence-electron chi connectivity index (χ3n) is 2.23. The highest BCUT2D eigenvalue weighted by atomic mass is 79.9. The molecule has 0 aliphatic heterocycles. The first-order valence-electron chi connectivity index (χ1n) is 5.45. The number of carboxylic acids is 1. The van der Waals surface area contributed by atoms with E-state index in [1.807, 2.05) is 24.3 Å². The first-order valence-corrected chi connectivity index (χ1v) is 6.24. The molecule has 0 spiro atoms. The van der Waals surface area contributed by atoms with Crippen LogP contribution in [0.1, 0.15) is 5.56 Å². The number of hydrogen-bond donors (Lipinski definition) is 2. The van der Waals surface area contributed by atoms with E-state index in [4.69, 9.17) is 11.5 Å². The summed E-state index contributed by atoms with van der Waals surface area (Å²) in [6.07, 6.45) is 5.10. The van der Waals surface area contributed by atoms with Crippen molar-refractivity contribution in [2.24, 2.45) is 0 Å². The number of nitrogens with one attached hydrogen (secondary N) is 1. The average molecular weight is 325 g/mol. The molecule has 0 heterocycles. The van der Waals surface area contributed by atoms with Crippen molar-refractivity contribution in [3.63, 3.8) is 0 Å². The van der Waals surface area contributed by atoms with E-state index in [0.717, 1.165) is 14.9 Å². The Morgan fingerprint density at radius 2 is 2.21 bits per heavy atom. The lowest BCUT2D eigenvalue weighted by Crippen LogP contribution is -2.42. The molecule has 2 N–H and O–H groups in total. The Kier molecular flexibility index (Phi) is 5.90. The van der Waals surface area contributed by atoms with Crippen LogP contribution < -0.4 is 5.32 Å². The first kappa shape index (κ1) is 15.1. The molecule has 0 aliphatic carbocycles. The second-order valence-electron chi connectivity index (χ2n) is 3.74. The van der Waals surface area contributed by atoms with E-state index in [1.54, 1.807) is 0 Å². The van der Waals surface area contributed by atoms with Crippen LogP contribution in [-0.4, -0.2) is 35.1 Å². The van der Waals surface area contributed by atoms with Crippen molar-refractivity contribution in [1.82, 2.24) is 10.2 Å². The van der Waals surface area contributed by atoms with Gasteiger partial charge in [0.05, 0.1) is 6.54 Å². The van der Waals surface area contributed by atoms with E-state index >= 15 is 0 Å². The zero-order valence-electron chi connectivity index (χ0n) is 10.1. The summed E-state index contributed by atoms with van der Waals surface area (Å²) in [6.45, 7) is -0.163. The largest absolute Gasteiger partial charge is 0.480 e. The second kappa shape index (κ2) is 7.44. The Labute approximate surface area is 119 Å². The smallest absolute Gasteiger partial charge is 0.323 e. The maximum atomic E-state index is 11.8. The molecular formula is C13H13BrN2O3. The summed E-state index contributed by atoms with van der Waals surface area (Å²) in [4.78, 5) is 23.4. The number of urea groups is 1. The van der Waals surface area contributed by atoms with Crippen molar-refractivity contribution >= 4 is 27.9 Å². The second-order valence-corrected chi connectivity index (χ2v) is 4.66. The summed E-state index contributed by atoms with van der Waals surface area (Å²) in [6, 6.07) is 6.94. The van der Waals surface area contributed by atoms with Gasteiger partial charge in [0.25, 0.3) is 0 Å². The predicted molar refractivity (Wildman–Crippen MR) is 74.4 cm³/mol. The highest BCUT2D eigenvalue weighted by Gasteiger charge is 2.15. The molecule has 5 nitrogen and oxygen atoms in total. The molecule has 6 heteroatoms. The highest BCUT2D eigenvalue weighted by Crippen LogP contribution is 2.11. The van der Waals surface area contributed by atoms with Crippen LogP contribution in [0.15, 0.2) is 28.7 Å². The zero-order valence-corrected chi connectivity index (χ0v) is 11.7. The van der Waals surface area contributed by atoms with Crippen molar-refractivity contribution in [3.05, 3.63) is 34.3 Å². The third-order valence-corrected chi connectivity index (χ3v) is 2.72. The van der Waals surface area contributed by atoms with Gasteiger partial charge in [-0.25, -0.2) is 4.79 Å². The molecule has 19 heavy (non-hydrogen) atoms. The van der Waals surface area contributed by atoms with Gasteiger partial charge in [0.15, 0.2) is 0 Å². The van der Waals surface area contributed by atoms with Crippen LogP contribution >= 0.6 is 15.9 Å². The van der Waals surface area contributed by atoms with E-state index in [9.17, 15) is 9.59 Å². The maximum Gasteiger partial charge on any atom is 0.323 e. The predicted octanol–water partition coefficient (Wildman–Crippen LogP) is 1.68. The Hall–Kier alpha value is -2.00. The zero-order chi connectivity index (χ0) is 14.3. The Balaban J connectivity index is 2.57. The monoisotopic (exact) mass is 324 g/mol. The Morgan fingerprint density at radius 1 is 1.47 bits per heavy atom. The van der Waals surface area contributed by atoms with Crippen LogP contribution in [0.2, 0.25) is 0 Å². The summed E-state index contributed by atoms with van der Waals surface area (Å²) in [5.41, 5.74) is 0.902. The van der Waals surface area contributed by atoms with Crippen LogP contribution in [0.25, 0.3) is 0 Å². The molecule has 0 bridgehead atoms. The molecule has 0 radical (unpaired) electrons. The minimum atomic E-state index is -1.10. The Morgan fingerprint density at radius 3 is 2.79 bits per heavy atom. The summed E-state index contributed by atoms with van der Waals surface area (Å²) in [5.74, 6) is 1.15. The van der Waals surface area contributed by atoms with Gasteiger partial charge < -0.3 is 15.3 Å². The summed E-state index contributed by atoms with van der Waals surface area (Å²) in [5, 5.41) is 11.3. The molecule has 1 aromatic carbocycles. The van der Waals surface area contributed by atoms with Gasteiger partial charge in [-0.3, -0.25) is 4.79 Å². The third kappa shape index (κ3) is 5.44. The van der Waals surface area contributed by atoms with Gasteiger partial charge in [-0.15, -0.1) is 6.42 Å². The number of carbonyl (C=O) groups is 2. The van der Waals surface area contributed by atoms with Gasteiger partial charge in [0.2, 0.25) is 0 Å². The topological polar surface area (TPSA) is 69.6 Å². The lowest BCUT2D eigenvalue weighted by molar-refractivity contribution is -0.137. The number of hydrogen-bond acceptors (Lipinski definition) is 2. The minimum Gasteiger partial charge on any atom is -0.480 e. The first-order chi connectivity index (χ1) is 9.02. The van der Waals surface area contributed by atoms with Crippen LogP contribution in [0, 0.1) is 12.3 Å². The van der Waals surface area contributed by atoms with Crippen LogP contribution in [0.4, 0.5) is 4.79 Å². The standard InChI is InChI=1S/C13H13BrN2O3/c1-2-6-16(9-12(17)18)13(19)15-8-10-4-3-5-11(14)7-10/h1,3-5,7H,6,8-9H2,(H,15,19)(H,17,18). The minimum absolute atomic E-state index is 0.0450. The number of benzene rings is 1. The fraction of sp³-hybridized carbons (Fsp3) is 0.231. The summed E-state index contributed by atoms with van der Waals surface area (Å²) >= 11 is 3.33. The molecule has 0 fully saturated rings. The molecule has 1 aromatic rings. The molecule has 0 atom stereocenters. The quantitative estimate of drug-likeness (QED) is 0.809. The molecule has 100 valence electrons. The fourth-order valence-corrected chi connectivity index (χ4v) is 1.86. The van der Waals surface area contributed by atoms with Gasteiger partial charge in [0.1, 0.15) is 6.54 Å². The summed E-state index contributed by atoms with van der Waals surface area (Å²) in [7, 11) is 0. The van der Waals surface area contributed by atoms with Crippen molar-refractivity contribution in [1.29, 1.82) is 0 Å². The van der Waals surface area contributed by atoms with E-state index < -0.39 is 18.5 Å². The molecule has 0 aliphatic rings. The van der Waals surface area contributed by atoms with Gasteiger partial charge in [-0.1, -0.05) is 34.0 Å². The normalized spacial score (nSPS) is 9.47. The van der Waals surface area contributed by atoms with Crippen LogP contribution in [0.5, 0.6) is 0 Å². The van der Waals surface area contributed by atoms with Crippen LogP contribution in [-0.2, 0) is 11.3 Å². The fourth-order valence-electron chi connectivity index (χ4n) is 1.41. The van der Waals surface area contributed by atoms with Gasteiger partial charge in [0, 0.05) is 11.0 Å². The van der Waals surface area contributed by atoms with E-state index in [-0.39, 0.29) is 6.54 Å². The number of rotatable bonds is 5. The molecular weight excluding hydrogens is 312 g/mol. The van der Waals surface area contributed by atoms with Crippen molar-refractivity contribution in [2.75, 3.05) is 13.1 Å². The van der Waals surface area contributed by atoms with Gasteiger partial charge in [-0.05, 0) is 17.7 Å². The number of amides is 2. The van der Waals surface area contributed by atoms with Crippen molar-refractivity contribution in [2.45, 2.75) is 6.54 Å². The van der Waals surface area contributed by atoms with Gasteiger partial charge in [-0.2, -0.15) is 0 Å².